The van der Waals surface area contributed by atoms with Gasteiger partial charge in [0.1, 0.15) is 0 Å². The number of rotatable bonds is 4. The molecule has 1 aromatic rings. The third-order valence-corrected chi connectivity index (χ3v) is 4.93. The van der Waals surface area contributed by atoms with E-state index in [9.17, 15) is 5.11 Å². The lowest BCUT2D eigenvalue weighted by Gasteiger charge is -2.31. The molecule has 2 rings (SSSR count). The number of likely N-dealkylation sites (N-methyl/N-ethyl adjacent to an activating group) is 2. The zero-order valence-electron chi connectivity index (χ0n) is 12.6. The van der Waals surface area contributed by atoms with Crippen LogP contribution in [0, 0.1) is 5.41 Å². The first-order chi connectivity index (χ1) is 8.78. The van der Waals surface area contributed by atoms with Gasteiger partial charge in [-0.05, 0) is 32.4 Å². The van der Waals surface area contributed by atoms with Gasteiger partial charge in [-0.3, -0.25) is 0 Å². The summed E-state index contributed by atoms with van der Waals surface area (Å²) in [4.78, 5) is 10.2. The van der Waals surface area contributed by atoms with E-state index in [4.69, 9.17) is 4.98 Å². The quantitative estimate of drug-likeness (QED) is 0.919. The fourth-order valence-corrected chi connectivity index (χ4v) is 3.54. The summed E-state index contributed by atoms with van der Waals surface area (Å²) >= 11 is 1.65. The molecule has 19 heavy (non-hydrogen) atoms. The van der Waals surface area contributed by atoms with Gasteiger partial charge >= 0.3 is 0 Å². The third kappa shape index (κ3) is 3.46. The predicted molar refractivity (Wildman–Crippen MR) is 81.0 cm³/mol. The summed E-state index contributed by atoms with van der Waals surface area (Å²) in [6.45, 7) is 6.37. The number of aliphatic hydroxyl groups excluding tert-OH is 1. The number of fused-ring (bicyclic) bond motifs is 1. The summed E-state index contributed by atoms with van der Waals surface area (Å²) in [5.74, 6) is 0. The average molecular weight is 283 g/mol. The molecule has 0 aliphatic heterocycles. The minimum Gasteiger partial charge on any atom is -0.387 e. The van der Waals surface area contributed by atoms with Crippen molar-refractivity contribution in [2.75, 3.05) is 39.1 Å². The molecule has 0 radical (unpaired) electrons. The lowest BCUT2D eigenvalue weighted by molar-refractivity contribution is 0.102. The molecular formula is C14H25N3OS. The van der Waals surface area contributed by atoms with Gasteiger partial charge in [-0.25, -0.2) is 4.98 Å². The number of hydrogen-bond donors (Lipinski definition) is 1. The second-order valence-electron chi connectivity index (χ2n) is 6.59. The van der Waals surface area contributed by atoms with Gasteiger partial charge in [-0.1, -0.05) is 25.2 Å². The second-order valence-corrected chi connectivity index (χ2v) is 7.60. The Bertz CT molecular complexity index is 442. The number of hydrogen-bond acceptors (Lipinski definition) is 5. The first-order valence-electron chi connectivity index (χ1n) is 6.82. The number of aliphatic hydroxyl groups is 1. The van der Waals surface area contributed by atoms with Crippen molar-refractivity contribution in [3.05, 3.63) is 10.6 Å². The minimum atomic E-state index is -0.341. The van der Waals surface area contributed by atoms with Crippen LogP contribution in [0.15, 0.2) is 0 Å². The molecule has 108 valence electrons. The zero-order valence-corrected chi connectivity index (χ0v) is 13.4. The molecule has 1 N–H and O–H groups in total. The van der Waals surface area contributed by atoms with E-state index >= 15 is 0 Å². The van der Waals surface area contributed by atoms with Crippen molar-refractivity contribution in [2.45, 2.75) is 32.8 Å². The number of thiazole rings is 1. The van der Waals surface area contributed by atoms with Crippen LogP contribution >= 0.6 is 11.3 Å². The SMILES string of the molecule is CN(C)CCN(C)c1nc2c(s1)C(O)CC(C)(C)C2. The fraction of sp³-hybridized carbons (Fsp3) is 0.786. The molecule has 0 bridgehead atoms. The van der Waals surface area contributed by atoms with Gasteiger partial charge in [-0.15, -0.1) is 0 Å². The number of anilines is 1. The Morgan fingerprint density at radius 2 is 2.00 bits per heavy atom. The molecule has 0 saturated carbocycles. The van der Waals surface area contributed by atoms with Crippen LogP contribution in [0.25, 0.3) is 0 Å². The van der Waals surface area contributed by atoms with Crippen LogP contribution in [0.1, 0.15) is 36.9 Å². The van der Waals surface area contributed by atoms with Crippen molar-refractivity contribution < 1.29 is 5.11 Å². The highest BCUT2D eigenvalue weighted by atomic mass is 32.1. The zero-order chi connectivity index (χ0) is 14.2. The van der Waals surface area contributed by atoms with Gasteiger partial charge in [0, 0.05) is 20.1 Å². The van der Waals surface area contributed by atoms with E-state index in [1.54, 1.807) is 11.3 Å². The Labute approximate surface area is 120 Å². The molecule has 4 nitrogen and oxygen atoms in total. The average Bonchev–Trinajstić information content (AvgIpc) is 2.68. The third-order valence-electron chi connectivity index (χ3n) is 3.62. The first kappa shape index (κ1) is 14.8. The Morgan fingerprint density at radius 1 is 1.32 bits per heavy atom. The van der Waals surface area contributed by atoms with Crippen molar-refractivity contribution >= 4 is 16.5 Å². The van der Waals surface area contributed by atoms with Crippen LogP contribution in [0.3, 0.4) is 0 Å². The van der Waals surface area contributed by atoms with E-state index in [2.05, 4.69) is 44.8 Å². The molecule has 5 heteroatoms. The maximum Gasteiger partial charge on any atom is 0.185 e. The second kappa shape index (κ2) is 5.38. The Hall–Kier alpha value is -0.650. The molecule has 1 aliphatic rings. The summed E-state index contributed by atoms with van der Waals surface area (Å²) in [5.41, 5.74) is 1.25. The highest BCUT2D eigenvalue weighted by molar-refractivity contribution is 7.15. The normalized spacial score (nSPS) is 21.5. The molecule has 0 amide bonds. The lowest BCUT2D eigenvalue weighted by Crippen LogP contribution is -2.28. The Balaban J connectivity index is 2.14. The van der Waals surface area contributed by atoms with Crippen LogP contribution in [-0.4, -0.2) is 49.2 Å². The predicted octanol–water partition coefficient (Wildman–Crippen LogP) is 2.15. The molecule has 1 aliphatic carbocycles. The van der Waals surface area contributed by atoms with E-state index in [1.165, 1.54) is 0 Å². The summed E-state index contributed by atoms with van der Waals surface area (Å²) in [5, 5.41) is 11.3. The highest BCUT2D eigenvalue weighted by Gasteiger charge is 2.34. The number of nitrogens with zero attached hydrogens (tertiary/aromatic N) is 3. The van der Waals surface area contributed by atoms with E-state index in [1.807, 2.05) is 0 Å². The molecule has 0 aromatic carbocycles. The van der Waals surface area contributed by atoms with E-state index in [-0.39, 0.29) is 11.5 Å². The molecule has 1 aromatic heterocycles. The summed E-state index contributed by atoms with van der Waals surface area (Å²) in [6.07, 6.45) is 1.47. The Kier molecular flexibility index (Phi) is 4.18. The van der Waals surface area contributed by atoms with Gasteiger partial charge in [0.05, 0.1) is 16.7 Å². The molecule has 0 fully saturated rings. The van der Waals surface area contributed by atoms with E-state index < -0.39 is 0 Å². The van der Waals surface area contributed by atoms with Crippen molar-refractivity contribution in [1.82, 2.24) is 9.88 Å². The molecule has 1 unspecified atom stereocenters. The van der Waals surface area contributed by atoms with Crippen molar-refractivity contribution in [3.63, 3.8) is 0 Å². The van der Waals surface area contributed by atoms with Crippen LogP contribution in [0.4, 0.5) is 5.13 Å². The summed E-state index contributed by atoms with van der Waals surface area (Å²) < 4.78 is 0. The Morgan fingerprint density at radius 3 is 2.63 bits per heavy atom. The topological polar surface area (TPSA) is 39.6 Å². The van der Waals surface area contributed by atoms with Crippen LogP contribution < -0.4 is 4.90 Å². The van der Waals surface area contributed by atoms with Crippen molar-refractivity contribution in [2.24, 2.45) is 5.41 Å². The van der Waals surface area contributed by atoms with Gasteiger partial charge in [0.25, 0.3) is 0 Å². The molecule has 1 atom stereocenters. The van der Waals surface area contributed by atoms with Gasteiger partial charge in [-0.2, -0.15) is 0 Å². The fourth-order valence-electron chi connectivity index (χ4n) is 2.49. The molecular weight excluding hydrogens is 258 g/mol. The van der Waals surface area contributed by atoms with Gasteiger partial charge in [0.15, 0.2) is 5.13 Å². The minimum absolute atomic E-state index is 0.153. The largest absolute Gasteiger partial charge is 0.387 e. The molecule has 0 saturated heterocycles. The van der Waals surface area contributed by atoms with Gasteiger partial charge < -0.3 is 14.9 Å². The molecule has 0 spiro atoms. The maximum absolute atomic E-state index is 10.3. The standard InChI is InChI=1S/C14H25N3OS/c1-14(2)8-10-12(11(18)9-14)19-13(15-10)17(5)7-6-16(3)4/h11,18H,6-9H2,1-5H3. The lowest BCUT2D eigenvalue weighted by atomic mass is 9.77. The monoisotopic (exact) mass is 283 g/mol. The molecule has 1 heterocycles. The van der Waals surface area contributed by atoms with Crippen LogP contribution in [0.2, 0.25) is 0 Å². The summed E-state index contributed by atoms with van der Waals surface area (Å²) in [6, 6.07) is 0. The van der Waals surface area contributed by atoms with E-state index in [0.717, 1.165) is 41.6 Å². The highest BCUT2D eigenvalue weighted by Crippen LogP contribution is 2.44. The smallest absolute Gasteiger partial charge is 0.185 e. The van der Waals surface area contributed by atoms with Crippen molar-refractivity contribution in [1.29, 1.82) is 0 Å². The maximum atomic E-state index is 10.3. The van der Waals surface area contributed by atoms with Crippen molar-refractivity contribution in [3.8, 4) is 0 Å². The van der Waals surface area contributed by atoms with Crippen LogP contribution in [-0.2, 0) is 6.42 Å². The first-order valence-corrected chi connectivity index (χ1v) is 7.64. The van der Waals surface area contributed by atoms with Crippen LogP contribution in [0.5, 0.6) is 0 Å². The summed E-state index contributed by atoms with van der Waals surface area (Å²) in [7, 11) is 6.23. The van der Waals surface area contributed by atoms with E-state index in [0.29, 0.717) is 0 Å². The van der Waals surface area contributed by atoms with Gasteiger partial charge in [0.2, 0.25) is 0 Å². The number of aromatic nitrogens is 1.